The first-order valence-electron chi connectivity index (χ1n) is 10.0. The summed E-state index contributed by atoms with van der Waals surface area (Å²) in [7, 11) is 0. The Bertz CT molecular complexity index is 855. The molecule has 3 rings (SSSR count). The van der Waals surface area contributed by atoms with E-state index in [9.17, 15) is 9.59 Å². The van der Waals surface area contributed by atoms with Crippen LogP contribution in [0.15, 0.2) is 30.3 Å². The van der Waals surface area contributed by atoms with Crippen molar-refractivity contribution in [3.8, 4) is 11.3 Å². The highest BCUT2D eigenvalue weighted by Crippen LogP contribution is 2.28. The highest BCUT2D eigenvalue weighted by atomic mass is 16.2. The molecule has 6 nitrogen and oxygen atoms in total. The van der Waals surface area contributed by atoms with E-state index in [1.165, 1.54) is 0 Å². The summed E-state index contributed by atoms with van der Waals surface area (Å²) >= 11 is 0. The van der Waals surface area contributed by atoms with E-state index >= 15 is 0 Å². The first kappa shape index (κ1) is 20.0. The van der Waals surface area contributed by atoms with Crippen LogP contribution >= 0.6 is 0 Å². The number of hydrogen-bond acceptors (Lipinski definition) is 4. The smallest absolute Gasteiger partial charge is 0.252 e. The standard InChI is InChI=1S/C22H28N4O2/c1-3-7-18-14-19(25-15(2)24-18)16-8-10-17(11-9-16)20(27)26-22(21(23)28)12-5-4-6-13-22/h8-11,14H,3-7,12-13H2,1-2H3,(H2,23,28)(H,26,27). The lowest BCUT2D eigenvalue weighted by molar-refractivity contribution is -0.125. The number of nitrogens with two attached hydrogens (primary N) is 1. The van der Waals surface area contributed by atoms with Crippen molar-refractivity contribution < 1.29 is 9.59 Å². The molecular formula is C22H28N4O2. The molecule has 0 aliphatic heterocycles. The van der Waals surface area contributed by atoms with Crippen molar-refractivity contribution >= 4 is 11.8 Å². The fourth-order valence-corrected chi connectivity index (χ4v) is 3.83. The molecule has 1 aliphatic carbocycles. The second-order valence-electron chi connectivity index (χ2n) is 7.58. The number of benzene rings is 1. The van der Waals surface area contributed by atoms with Gasteiger partial charge >= 0.3 is 0 Å². The van der Waals surface area contributed by atoms with Crippen molar-refractivity contribution in [2.75, 3.05) is 0 Å². The Morgan fingerprint density at radius 3 is 2.39 bits per heavy atom. The molecule has 1 fully saturated rings. The molecule has 1 aromatic heterocycles. The second-order valence-corrected chi connectivity index (χ2v) is 7.58. The van der Waals surface area contributed by atoms with E-state index in [2.05, 4.69) is 22.2 Å². The van der Waals surface area contributed by atoms with Crippen molar-refractivity contribution in [3.63, 3.8) is 0 Å². The average molecular weight is 380 g/mol. The molecule has 2 aromatic rings. The van der Waals surface area contributed by atoms with Gasteiger partial charge in [-0.15, -0.1) is 0 Å². The Balaban J connectivity index is 1.79. The molecule has 1 heterocycles. The normalized spacial score (nSPS) is 15.8. The first-order chi connectivity index (χ1) is 13.4. The number of hydrogen-bond donors (Lipinski definition) is 2. The number of primary amides is 1. The second kappa shape index (κ2) is 8.50. The number of carbonyl (C=O) groups excluding carboxylic acids is 2. The topological polar surface area (TPSA) is 98.0 Å². The molecule has 148 valence electrons. The minimum atomic E-state index is -0.924. The van der Waals surface area contributed by atoms with Crippen molar-refractivity contribution in [3.05, 3.63) is 47.4 Å². The number of nitrogens with zero attached hydrogens (tertiary/aromatic N) is 2. The Labute approximate surface area is 166 Å². The van der Waals surface area contributed by atoms with E-state index < -0.39 is 11.4 Å². The minimum absolute atomic E-state index is 0.266. The zero-order valence-electron chi connectivity index (χ0n) is 16.6. The van der Waals surface area contributed by atoms with E-state index in [0.717, 1.165) is 54.9 Å². The van der Waals surface area contributed by atoms with Crippen LogP contribution < -0.4 is 11.1 Å². The number of amides is 2. The van der Waals surface area contributed by atoms with Gasteiger partial charge in [-0.25, -0.2) is 9.97 Å². The Morgan fingerprint density at radius 1 is 1.11 bits per heavy atom. The molecule has 3 N–H and O–H groups in total. The third-order valence-corrected chi connectivity index (χ3v) is 5.37. The SMILES string of the molecule is CCCc1cc(-c2ccc(C(=O)NC3(C(N)=O)CCCCC3)cc2)nc(C)n1. The van der Waals surface area contributed by atoms with Gasteiger partial charge in [-0.1, -0.05) is 44.7 Å². The van der Waals surface area contributed by atoms with Crippen molar-refractivity contribution in [2.24, 2.45) is 5.73 Å². The van der Waals surface area contributed by atoms with Crippen molar-refractivity contribution in [1.82, 2.24) is 15.3 Å². The van der Waals surface area contributed by atoms with Crippen LogP contribution in [0.3, 0.4) is 0 Å². The van der Waals surface area contributed by atoms with Gasteiger partial charge in [0, 0.05) is 16.8 Å². The van der Waals surface area contributed by atoms with Crippen LogP contribution in [0.4, 0.5) is 0 Å². The number of rotatable bonds is 6. The van der Waals surface area contributed by atoms with E-state index in [4.69, 9.17) is 5.73 Å². The maximum absolute atomic E-state index is 12.7. The van der Waals surface area contributed by atoms with Gasteiger partial charge in [0.25, 0.3) is 5.91 Å². The third kappa shape index (κ3) is 4.38. The molecular weight excluding hydrogens is 352 g/mol. The van der Waals surface area contributed by atoms with Crippen LogP contribution in [0.1, 0.15) is 67.3 Å². The molecule has 1 saturated carbocycles. The van der Waals surface area contributed by atoms with Gasteiger partial charge in [-0.3, -0.25) is 9.59 Å². The molecule has 1 aliphatic rings. The molecule has 0 bridgehead atoms. The zero-order chi connectivity index (χ0) is 20.1. The molecule has 0 spiro atoms. The summed E-state index contributed by atoms with van der Waals surface area (Å²) in [6, 6.07) is 9.28. The molecule has 0 unspecified atom stereocenters. The summed E-state index contributed by atoms with van der Waals surface area (Å²) in [6.07, 6.45) is 6.00. The van der Waals surface area contributed by atoms with Gasteiger partial charge in [-0.05, 0) is 44.4 Å². The lowest BCUT2D eigenvalue weighted by atomic mass is 9.81. The predicted octanol–water partition coefficient (Wildman–Crippen LogP) is 3.32. The number of carbonyl (C=O) groups is 2. The average Bonchev–Trinajstić information content (AvgIpc) is 2.68. The van der Waals surface area contributed by atoms with Crippen molar-refractivity contribution in [2.45, 2.75) is 64.3 Å². The number of nitrogens with one attached hydrogen (secondary N) is 1. The summed E-state index contributed by atoms with van der Waals surface area (Å²) in [4.78, 5) is 33.7. The molecule has 0 radical (unpaired) electrons. The maximum Gasteiger partial charge on any atom is 0.252 e. The Hall–Kier alpha value is -2.76. The number of aryl methyl sites for hydroxylation is 2. The minimum Gasteiger partial charge on any atom is -0.368 e. The summed E-state index contributed by atoms with van der Waals surface area (Å²) in [5.74, 6) is 0.0262. The predicted molar refractivity (Wildman–Crippen MR) is 109 cm³/mol. The van der Waals surface area contributed by atoms with E-state index in [1.807, 2.05) is 25.1 Å². The molecule has 0 atom stereocenters. The number of aromatic nitrogens is 2. The molecule has 6 heteroatoms. The monoisotopic (exact) mass is 380 g/mol. The van der Waals surface area contributed by atoms with Gasteiger partial charge in [0.15, 0.2) is 0 Å². The van der Waals surface area contributed by atoms with Crippen LogP contribution in [0.2, 0.25) is 0 Å². The Morgan fingerprint density at radius 2 is 1.79 bits per heavy atom. The Kier molecular flexibility index (Phi) is 6.07. The summed E-state index contributed by atoms with van der Waals surface area (Å²) in [5, 5.41) is 2.90. The largest absolute Gasteiger partial charge is 0.368 e. The van der Waals surface area contributed by atoms with Crippen LogP contribution in [0.5, 0.6) is 0 Å². The highest BCUT2D eigenvalue weighted by molar-refractivity contribution is 5.99. The highest BCUT2D eigenvalue weighted by Gasteiger charge is 2.39. The van der Waals surface area contributed by atoms with Gasteiger partial charge in [0.2, 0.25) is 5.91 Å². The zero-order valence-corrected chi connectivity index (χ0v) is 16.6. The third-order valence-electron chi connectivity index (χ3n) is 5.37. The van der Waals surface area contributed by atoms with Gasteiger partial charge < -0.3 is 11.1 Å². The van der Waals surface area contributed by atoms with Gasteiger partial charge in [0.05, 0.1) is 5.69 Å². The van der Waals surface area contributed by atoms with E-state index in [1.54, 1.807) is 12.1 Å². The maximum atomic E-state index is 12.7. The molecule has 1 aromatic carbocycles. The van der Waals surface area contributed by atoms with Crippen LogP contribution in [0, 0.1) is 6.92 Å². The summed E-state index contributed by atoms with van der Waals surface area (Å²) in [5.41, 5.74) is 8.00. The van der Waals surface area contributed by atoms with Crippen LogP contribution in [0.25, 0.3) is 11.3 Å². The quantitative estimate of drug-likeness (QED) is 0.803. The fraction of sp³-hybridized carbons (Fsp3) is 0.455. The fourth-order valence-electron chi connectivity index (χ4n) is 3.83. The molecule has 28 heavy (non-hydrogen) atoms. The van der Waals surface area contributed by atoms with E-state index in [0.29, 0.717) is 18.4 Å². The molecule has 0 saturated heterocycles. The van der Waals surface area contributed by atoms with Crippen LogP contribution in [-0.2, 0) is 11.2 Å². The molecule has 2 amide bonds. The lowest BCUT2D eigenvalue weighted by Crippen LogP contribution is -2.58. The van der Waals surface area contributed by atoms with Crippen molar-refractivity contribution in [1.29, 1.82) is 0 Å². The van der Waals surface area contributed by atoms with Gasteiger partial charge in [0.1, 0.15) is 11.4 Å². The summed E-state index contributed by atoms with van der Waals surface area (Å²) in [6.45, 7) is 4.01. The lowest BCUT2D eigenvalue weighted by Gasteiger charge is -2.35. The first-order valence-corrected chi connectivity index (χ1v) is 10.0. The summed E-state index contributed by atoms with van der Waals surface area (Å²) < 4.78 is 0. The van der Waals surface area contributed by atoms with Gasteiger partial charge in [-0.2, -0.15) is 0 Å². The van der Waals surface area contributed by atoms with Crippen LogP contribution in [-0.4, -0.2) is 27.3 Å². The van der Waals surface area contributed by atoms with E-state index in [-0.39, 0.29) is 5.91 Å².